The van der Waals surface area contributed by atoms with Crippen molar-refractivity contribution in [3.63, 3.8) is 0 Å². The fraction of sp³-hybridized carbons (Fsp3) is 0.172. The summed E-state index contributed by atoms with van der Waals surface area (Å²) in [6, 6.07) is 24.9. The SMILES string of the molecule is Cc1ccc(-n2nc(Cc3cccc(OCCc4nc(-c5ccccc5)oc4C)c3)c(C(=O)O)n2)cc1. The molecule has 37 heavy (non-hydrogen) atoms. The van der Waals surface area contributed by atoms with E-state index >= 15 is 0 Å². The molecule has 0 aliphatic heterocycles. The van der Waals surface area contributed by atoms with Gasteiger partial charge in [-0.1, -0.05) is 48.0 Å². The predicted molar refractivity (Wildman–Crippen MR) is 138 cm³/mol. The Morgan fingerprint density at radius 3 is 2.49 bits per heavy atom. The first kappa shape index (κ1) is 24.0. The molecule has 0 saturated carbocycles. The molecule has 0 aliphatic rings. The highest BCUT2D eigenvalue weighted by Crippen LogP contribution is 2.23. The molecule has 0 unspecified atom stereocenters. The first-order valence-corrected chi connectivity index (χ1v) is 12.0. The summed E-state index contributed by atoms with van der Waals surface area (Å²) in [4.78, 5) is 17.8. The average molecular weight is 495 g/mol. The van der Waals surface area contributed by atoms with Crippen LogP contribution in [0.3, 0.4) is 0 Å². The van der Waals surface area contributed by atoms with Crippen molar-refractivity contribution in [1.82, 2.24) is 20.0 Å². The average Bonchev–Trinajstić information content (AvgIpc) is 3.49. The van der Waals surface area contributed by atoms with Crippen molar-refractivity contribution in [3.8, 4) is 22.9 Å². The first-order valence-electron chi connectivity index (χ1n) is 12.0. The standard InChI is InChI=1S/C29H26N4O4/c1-19-11-13-23(14-12-19)33-31-26(27(32-33)29(34)35)18-21-7-6-10-24(17-21)36-16-15-25-20(2)37-28(30-25)22-8-4-3-5-9-22/h3-14,17H,15-16,18H2,1-2H3,(H,34,35). The molecule has 5 rings (SSSR count). The molecule has 0 atom stereocenters. The lowest BCUT2D eigenvalue weighted by atomic mass is 10.1. The highest BCUT2D eigenvalue weighted by atomic mass is 16.5. The Hall–Kier alpha value is -4.72. The molecule has 5 aromatic rings. The van der Waals surface area contributed by atoms with Crippen molar-refractivity contribution in [2.75, 3.05) is 6.61 Å². The third-order valence-electron chi connectivity index (χ3n) is 5.94. The van der Waals surface area contributed by atoms with Crippen LogP contribution >= 0.6 is 0 Å². The predicted octanol–water partition coefficient (Wildman–Crippen LogP) is 5.45. The molecule has 3 aromatic carbocycles. The third-order valence-corrected chi connectivity index (χ3v) is 5.94. The zero-order chi connectivity index (χ0) is 25.8. The minimum absolute atomic E-state index is 0.0670. The van der Waals surface area contributed by atoms with E-state index in [0.717, 1.165) is 28.1 Å². The lowest BCUT2D eigenvalue weighted by Crippen LogP contribution is -2.04. The number of aryl methyl sites for hydroxylation is 2. The van der Waals surface area contributed by atoms with E-state index in [1.54, 1.807) is 0 Å². The summed E-state index contributed by atoms with van der Waals surface area (Å²) in [5, 5.41) is 18.3. The van der Waals surface area contributed by atoms with Crippen LogP contribution in [0.15, 0.2) is 83.3 Å². The smallest absolute Gasteiger partial charge is 0.358 e. The number of hydrogen-bond donors (Lipinski definition) is 1. The van der Waals surface area contributed by atoms with E-state index in [1.807, 2.05) is 92.7 Å². The van der Waals surface area contributed by atoms with Crippen LogP contribution in [0.1, 0.15) is 38.8 Å². The fourth-order valence-electron chi connectivity index (χ4n) is 3.98. The molecule has 1 N–H and O–H groups in total. The lowest BCUT2D eigenvalue weighted by molar-refractivity contribution is 0.0689. The normalized spacial score (nSPS) is 11.0. The van der Waals surface area contributed by atoms with Crippen molar-refractivity contribution >= 4 is 5.97 Å². The molecule has 0 saturated heterocycles. The van der Waals surface area contributed by atoms with E-state index < -0.39 is 5.97 Å². The second-order valence-corrected chi connectivity index (χ2v) is 8.74. The summed E-state index contributed by atoms with van der Waals surface area (Å²) < 4.78 is 11.8. The van der Waals surface area contributed by atoms with Gasteiger partial charge in [0.05, 0.1) is 18.0 Å². The van der Waals surface area contributed by atoms with Gasteiger partial charge in [-0.2, -0.15) is 9.90 Å². The van der Waals surface area contributed by atoms with Gasteiger partial charge >= 0.3 is 5.97 Å². The van der Waals surface area contributed by atoms with Gasteiger partial charge in [-0.15, -0.1) is 5.10 Å². The number of carboxylic acid groups (broad SMARTS) is 1. The van der Waals surface area contributed by atoms with Crippen LogP contribution in [0.4, 0.5) is 0 Å². The Morgan fingerprint density at radius 2 is 1.73 bits per heavy atom. The molecule has 186 valence electrons. The van der Waals surface area contributed by atoms with Crippen LogP contribution in [0.25, 0.3) is 17.1 Å². The summed E-state index contributed by atoms with van der Waals surface area (Å²) in [6.07, 6.45) is 0.911. The molecule has 2 heterocycles. The van der Waals surface area contributed by atoms with Crippen molar-refractivity contribution in [2.45, 2.75) is 26.7 Å². The number of hydrogen-bond acceptors (Lipinski definition) is 6. The van der Waals surface area contributed by atoms with Crippen LogP contribution in [0.5, 0.6) is 5.75 Å². The highest BCUT2D eigenvalue weighted by molar-refractivity contribution is 5.86. The number of carboxylic acids is 1. The van der Waals surface area contributed by atoms with Crippen LogP contribution in [0.2, 0.25) is 0 Å². The number of aromatic nitrogens is 4. The van der Waals surface area contributed by atoms with E-state index in [1.165, 1.54) is 4.80 Å². The maximum absolute atomic E-state index is 11.8. The van der Waals surface area contributed by atoms with Crippen molar-refractivity contribution in [1.29, 1.82) is 0 Å². The summed E-state index contributed by atoms with van der Waals surface area (Å²) in [5.74, 6) is 0.945. The molecular formula is C29H26N4O4. The monoisotopic (exact) mass is 494 g/mol. The largest absolute Gasteiger partial charge is 0.493 e. The Labute approximate surface area is 214 Å². The molecule has 0 fully saturated rings. The van der Waals surface area contributed by atoms with Gasteiger partial charge in [0.1, 0.15) is 17.2 Å². The van der Waals surface area contributed by atoms with Gasteiger partial charge in [0.15, 0.2) is 5.69 Å². The Balaban J connectivity index is 1.26. The highest BCUT2D eigenvalue weighted by Gasteiger charge is 2.19. The van der Waals surface area contributed by atoms with Crippen LogP contribution < -0.4 is 4.74 Å². The number of aromatic carboxylic acids is 1. The molecule has 2 aromatic heterocycles. The zero-order valence-electron chi connectivity index (χ0n) is 20.6. The van der Waals surface area contributed by atoms with E-state index in [2.05, 4.69) is 15.2 Å². The van der Waals surface area contributed by atoms with Crippen LogP contribution in [0, 0.1) is 13.8 Å². The van der Waals surface area contributed by atoms with E-state index in [4.69, 9.17) is 9.15 Å². The number of benzene rings is 3. The van der Waals surface area contributed by atoms with Gasteiger partial charge in [0.2, 0.25) is 5.89 Å². The summed E-state index contributed by atoms with van der Waals surface area (Å²) in [7, 11) is 0. The molecular weight excluding hydrogens is 468 g/mol. The minimum atomic E-state index is -1.11. The Bertz CT molecular complexity index is 1520. The van der Waals surface area contributed by atoms with Gasteiger partial charge in [0, 0.05) is 18.4 Å². The van der Waals surface area contributed by atoms with Crippen molar-refractivity contribution in [2.24, 2.45) is 0 Å². The molecule has 8 nitrogen and oxygen atoms in total. The summed E-state index contributed by atoms with van der Waals surface area (Å²) in [6.45, 7) is 4.31. The quantitative estimate of drug-likeness (QED) is 0.291. The molecule has 0 spiro atoms. The summed E-state index contributed by atoms with van der Waals surface area (Å²) in [5.41, 5.74) is 4.79. The molecule has 0 amide bonds. The van der Waals surface area contributed by atoms with Gasteiger partial charge in [-0.3, -0.25) is 0 Å². The number of carbonyl (C=O) groups is 1. The van der Waals surface area contributed by atoms with Gasteiger partial charge in [-0.05, 0) is 55.8 Å². The number of oxazole rings is 1. The molecule has 8 heteroatoms. The van der Waals surface area contributed by atoms with Gasteiger partial charge in [-0.25, -0.2) is 9.78 Å². The molecule has 0 bridgehead atoms. The van der Waals surface area contributed by atoms with E-state index in [9.17, 15) is 9.90 Å². The maximum Gasteiger partial charge on any atom is 0.358 e. The second-order valence-electron chi connectivity index (χ2n) is 8.74. The number of ether oxygens (including phenoxy) is 1. The number of rotatable bonds is 9. The number of nitrogens with zero attached hydrogens (tertiary/aromatic N) is 4. The van der Waals surface area contributed by atoms with Gasteiger partial charge < -0.3 is 14.3 Å². The molecule has 0 radical (unpaired) electrons. The lowest BCUT2D eigenvalue weighted by Gasteiger charge is -2.07. The molecule has 0 aliphatic carbocycles. The Kier molecular flexibility index (Phi) is 6.81. The third kappa shape index (κ3) is 5.59. The maximum atomic E-state index is 11.8. The zero-order valence-corrected chi connectivity index (χ0v) is 20.6. The van der Waals surface area contributed by atoms with Gasteiger partial charge in [0.25, 0.3) is 0 Å². The Morgan fingerprint density at radius 1 is 0.946 bits per heavy atom. The minimum Gasteiger partial charge on any atom is -0.493 e. The van der Waals surface area contributed by atoms with Crippen molar-refractivity contribution in [3.05, 3.63) is 113 Å². The van der Waals surface area contributed by atoms with Crippen LogP contribution in [-0.2, 0) is 12.8 Å². The summed E-state index contributed by atoms with van der Waals surface area (Å²) >= 11 is 0. The fourth-order valence-corrected chi connectivity index (χ4v) is 3.98. The van der Waals surface area contributed by atoms with Crippen molar-refractivity contribution < 1.29 is 19.1 Å². The topological polar surface area (TPSA) is 103 Å². The van der Waals surface area contributed by atoms with E-state index in [0.29, 0.717) is 42.5 Å². The van der Waals surface area contributed by atoms with E-state index in [-0.39, 0.29) is 5.69 Å². The van der Waals surface area contributed by atoms with Crippen LogP contribution in [-0.4, -0.2) is 37.7 Å². The first-order chi connectivity index (χ1) is 18.0. The second kappa shape index (κ2) is 10.5.